The monoisotopic (exact) mass is 428 g/mol. The number of hydrogen-bond acceptors (Lipinski definition) is 2. The topological polar surface area (TPSA) is 72.2 Å². The molecule has 0 saturated carbocycles. The third kappa shape index (κ3) is 5.08. The van der Waals surface area contributed by atoms with Crippen molar-refractivity contribution in [1.29, 1.82) is 0 Å². The molecule has 2 amide bonds. The van der Waals surface area contributed by atoms with Crippen LogP contribution in [0, 0.1) is 0 Å². The van der Waals surface area contributed by atoms with E-state index in [4.69, 9.17) is 5.73 Å². The molecule has 0 heterocycles. The normalized spacial score (nSPS) is 12.8. The first-order valence-corrected chi connectivity index (χ1v) is 10.9. The maximum absolute atomic E-state index is 13.6. The second-order valence-electron chi connectivity index (χ2n) is 9.44. The molecule has 0 saturated heterocycles. The maximum atomic E-state index is 13.6. The van der Waals surface area contributed by atoms with Gasteiger partial charge < -0.3 is 11.1 Å². The standard InChI is InChI=1S/C28H32N2O2/c1-27(2,3)21-17-15-20(16-18-21)19-24(25(29)31)30-26(32)28(4,22-11-7-5-8-12-22)23-13-9-6-10-14-23/h5-18,24H,19H2,1-4H3,(H2,29,31)(H,30,32)/t24-/m0/s1. The van der Waals surface area contributed by atoms with Crippen LogP contribution in [0.15, 0.2) is 84.9 Å². The highest BCUT2D eigenvalue weighted by Crippen LogP contribution is 2.32. The summed E-state index contributed by atoms with van der Waals surface area (Å²) < 4.78 is 0. The van der Waals surface area contributed by atoms with Crippen LogP contribution < -0.4 is 11.1 Å². The van der Waals surface area contributed by atoms with Gasteiger partial charge in [0.25, 0.3) is 0 Å². The van der Waals surface area contributed by atoms with Gasteiger partial charge in [-0.05, 0) is 34.6 Å². The van der Waals surface area contributed by atoms with Crippen molar-refractivity contribution in [3.05, 3.63) is 107 Å². The van der Waals surface area contributed by atoms with E-state index in [2.05, 4.69) is 38.2 Å². The third-order valence-electron chi connectivity index (χ3n) is 6.06. The Morgan fingerprint density at radius 3 is 1.62 bits per heavy atom. The predicted octanol–water partition coefficient (Wildman–Crippen LogP) is 4.50. The Morgan fingerprint density at radius 1 is 0.750 bits per heavy atom. The molecule has 0 fully saturated rings. The van der Waals surface area contributed by atoms with Crippen LogP contribution in [0.1, 0.15) is 49.9 Å². The highest BCUT2D eigenvalue weighted by Gasteiger charge is 2.38. The fourth-order valence-electron chi connectivity index (χ4n) is 3.87. The lowest BCUT2D eigenvalue weighted by Crippen LogP contribution is -2.52. The molecule has 32 heavy (non-hydrogen) atoms. The van der Waals surface area contributed by atoms with E-state index in [-0.39, 0.29) is 11.3 Å². The van der Waals surface area contributed by atoms with Gasteiger partial charge in [0.15, 0.2) is 0 Å². The number of nitrogens with one attached hydrogen (secondary N) is 1. The summed E-state index contributed by atoms with van der Waals surface area (Å²) >= 11 is 0. The van der Waals surface area contributed by atoms with Crippen molar-refractivity contribution in [1.82, 2.24) is 5.32 Å². The number of carbonyl (C=O) groups excluding carboxylic acids is 2. The second-order valence-corrected chi connectivity index (χ2v) is 9.44. The van der Waals surface area contributed by atoms with E-state index in [0.717, 1.165) is 16.7 Å². The van der Waals surface area contributed by atoms with Crippen molar-refractivity contribution in [2.75, 3.05) is 0 Å². The van der Waals surface area contributed by atoms with E-state index in [1.807, 2.05) is 79.7 Å². The minimum atomic E-state index is -0.966. The van der Waals surface area contributed by atoms with Crippen LogP contribution in [0.25, 0.3) is 0 Å². The molecular weight excluding hydrogens is 396 g/mol. The number of nitrogens with two attached hydrogens (primary N) is 1. The summed E-state index contributed by atoms with van der Waals surface area (Å²) in [4.78, 5) is 25.9. The fourth-order valence-corrected chi connectivity index (χ4v) is 3.87. The lowest BCUT2D eigenvalue weighted by molar-refractivity contribution is -0.129. The van der Waals surface area contributed by atoms with Gasteiger partial charge in [0.05, 0.1) is 5.41 Å². The number of benzene rings is 3. The minimum absolute atomic E-state index is 0.0447. The first kappa shape index (κ1) is 23.3. The van der Waals surface area contributed by atoms with Crippen molar-refractivity contribution < 1.29 is 9.59 Å². The molecule has 0 aliphatic carbocycles. The van der Waals surface area contributed by atoms with Crippen molar-refractivity contribution in [3.63, 3.8) is 0 Å². The SMILES string of the molecule is CC(C)(C)c1ccc(C[C@H](NC(=O)C(C)(c2ccccc2)c2ccccc2)C(N)=O)cc1. The summed E-state index contributed by atoms with van der Waals surface area (Å²) in [5, 5.41) is 2.93. The van der Waals surface area contributed by atoms with Gasteiger partial charge in [-0.15, -0.1) is 0 Å². The van der Waals surface area contributed by atoms with Gasteiger partial charge in [-0.3, -0.25) is 9.59 Å². The molecule has 3 aromatic carbocycles. The van der Waals surface area contributed by atoms with E-state index in [9.17, 15) is 9.59 Å². The lowest BCUT2D eigenvalue weighted by atomic mass is 9.75. The van der Waals surface area contributed by atoms with Crippen LogP contribution >= 0.6 is 0 Å². The molecule has 0 aromatic heterocycles. The van der Waals surface area contributed by atoms with E-state index in [1.54, 1.807) is 0 Å². The van der Waals surface area contributed by atoms with E-state index in [1.165, 1.54) is 5.56 Å². The zero-order valence-electron chi connectivity index (χ0n) is 19.3. The summed E-state index contributed by atoms with van der Waals surface area (Å²) in [6.45, 7) is 8.34. The average molecular weight is 429 g/mol. The van der Waals surface area contributed by atoms with Crippen molar-refractivity contribution in [3.8, 4) is 0 Å². The Kier molecular flexibility index (Phi) is 6.83. The molecule has 0 radical (unpaired) electrons. The summed E-state index contributed by atoms with van der Waals surface area (Å²) in [5.74, 6) is -0.813. The molecule has 3 rings (SSSR count). The van der Waals surface area contributed by atoms with E-state index in [0.29, 0.717) is 6.42 Å². The summed E-state index contributed by atoms with van der Waals surface area (Å²) in [7, 11) is 0. The second kappa shape index (κ2) is 9.39. The summed E-state index contributed by atoms with van der Waals surface area (Å²) in [6, 6.07) is 26.5. The van der Waals surface area contributed by atoms with Crippen LogP contribution in [-0.2, 0) is 26.8 Å². The third-order valence-corrected chi connectivity index (χ3v) is 6.06. The molecule has 3 N–H and O–H groups in total. The van der Waals surface area contributed by atoms with Gasteiger partial charge in [-0.25, -0.2) is 0 Å². The quantitative estimate of drug-likeness (QED) is 0.581. The molecule has 166 valence electrons. The number of carbonyl (C=O) groups is 2. The highest BCUT2D eigenvalue weighted by molar-refractivity contribution is 5.95. The molecule has 4 nitrogen and oxygen atoms in total. The Balaban J connectivity index is 1.88. The smallest absolute Gasteiger partial charge is 0.240 e. The molecular formula is C28H32N2O2. The largest absolute Gasteiger partial charge is 0.368 e. The first-order valence-electron chi connectivity index (χ1n) is 10.9. The van der Waals surface area contributed by atoms with Gasteiger partial charge in [0.2, 0.25) is 11.8 Å². The van der Waals surface area contributed by atoms with Gasteiger partial charge in [-0.2, -0.15) is 0 Å². The number of rotatable bonds is 7. The Labute approximate surface area is 190 Å². The van der Waals surface area contributed by atoms with Gasteiger partial charge in [0.1, 0.15) is 6.04 Å². The predicted molar refractivity (Wildman–Crippen MR) is 129 cm³/mol. The van der Waals surface area contributed by atoms with Crippen LogP contribution in [0.2, 0.25) is 0 Å². The first-order chi connectivity index (χ1) is 15.1. The fraction of sp³-hybridized carbons (Fsp3) is 0.286. The van der Waals surface area contributed by atoms with Gasteiger partial charge >= 0.3 is 0 Å². The molecule has 1 atom stereocenters. The van der Waals surface area contributed by atoms with Crippen LogP contribution in [0.3, 0.4) is 0 Å². The Bertz CT molecular complexity index is 1010. The molecule has 0 aliphatic heterocycles. The molecule has 0 bridgehead atoms. The van der Waals surface area contributed by atoms with Crippen LogP contribution in [0.5, 0.6) is 0 Å². The molecule has 0 aliphatic rings. The van der Waals surface area contributed by atoms with Crippen molar-refractivity contribution in [2.45, 2.75) is 51.0 Å². The molecule has 4 heteroatoms. The number of primary amides is 1. The van der Waals surface area contributed by atoms with E-state index >= 15 is 0 Å². The zero-order chi connectivity index (χ0) is 23.4. The summed E-state index contributed by atoms with van der Waals surface area (Å²) in [5.41, 5.74) is 8.63. The van der Waals surface area contributed by atoms with Crippen molar-refractivity contribution >= 4 is 11.8 Å². The lowest BCUT2D eigenvalue weighted by Gasteiger charge is -2.31. The number of hydrogen-bond donors (Lipinski definition) is 2. The zero-order valence-corrected chi connectivity index (χ0v) is 19.3. The maximum Gasteiger partial charge on any atom is 0.240 e. The highest BCUT2D eigenvalue weighted by atomic mass is 16.2. The minimum Gasteiger partial charge on any atom is -0.368 e. The average Bonchev–Trinajstić information content (AvgIpc) is 2.78. The van der Waals surface area contributed by atoms with Gasteiger partial charge in [0, 0.05) is 6.42 Å². The molecule has 3 aromatic rings. The van der Waals surface area contributed by atoms with E-state index < -0.39 is 17.4 Å². The Hall–Kier alpha value is -3.40. The van der Waals surface area contributed by atoms with Crippen LogP contribution in [0.4, 0.5) is 0 Å². The molecule has 0 unspecified atom stereocenters. The summed E-state index contributed by atoms with van der Waals surface area (Å²) in [6.07, 6.45) is 0.338. The van der Waals surface area contributed by atoms with Crippen molar-refractivity contribution in [2.24, 2.45) is 5.73 Å². The number of amides is 2. The van der Waals surface area contributed by atoms with Crippen LogP contribution in [-0.4, -0.2) is 17.9 Å². The van der Waals surface area contributed by atoms with Gasteiger partial charge in [-0.1, -0.05) is 106 Å². The Morgan fingerprint density at radius 2 is 1.22 bits per heavy atom. The molecule has 0 spiro atoms.